The van der Waals surface area contributed by atoms with E-state index in [9.17, 15) is 9.90 Å². The standard InChI is InChI=1S/C18H25NO3/c20-17(19-13-18(21)11-3-4-12-18)14-7-9-16(10-8-14)22-15-5-1-2-6-15/h7-10,15,21H,1-6,11-13H2,(H,19,20). The van der Waals surface area contributed by atoms with Gasteiger partial charge in [-0.25, -0.2) is 0 Å². The van der Waals surface area contributed by atoms with Crippen LogP contribution in [0.1, 0.15) is 61.7 Å². The number of nitrogens with one attached hydrogen (secondary N) is 1. The lowest BCUT2D eigenvalue weighted by Gasteiger charge is -2.22. The Morgan fingerprint density at radius 1 is 1.14 bits per heavy atom. The smallest absolute Gasteiger partial charge is 0.251 e. The van der Waals surface area contributed by atoms with Crippen molar-refractivity contribution in [1.29, 1.82) is 0 Å². The Kier molecular flexibility index (Phi) is 4.67. The summed E-state index contributed by atoms with van der Waals surface area (Å²) in [4.78, 5) is 12.1. The predicted octanol–water partition coefficient (Wildman–Crippen LogP) is 3.04. The van der Waals surface area contributed by atoms with Gasteiger partial charge in [-0.15, -0.1) is 0 Å². The zero-order chi connectivity index (χ0) is 15.4. The van der Waals surface area contributed by atoms with E-state index < -0.39 is 5.60 Å². The first-order valence-corrected chi connectivity index (χ1v) is 8.42. The van der Waals surface area contributed by atoms with Crippen LogP contribution < -0.4 is 10.1 Å². The van der Waals surface area contributed by atoms with Crippen LogP contribution in [0, 0.1) is 0 Å². The molecular weight excluding hydrogens is 278 g/mol. The maximum atomic E-state index is 12.1. The molecule has 0 unspecified atom stereocenters. The summed E-state index contributed by atoms with van der Waals surface area (Å²) in [6, 6.07) is 7.30. The number of ether oxygens (including phenoxy) is 1. The first-order valence-electron chi connectivity index (χ1n) is 8.42. The Morgan fingerprint density at radius 2 is 1.77 bits per heavy atom. The molecule has 0 heterocycles. The molecule has 0 spiro atoms. The summed E-state index contributed by atoms with van der Waals surface area (Å²) in [5, 5.41) is 13.1. The fourth-order valence-electron chi connectivity index (χ4n) is 3.44. The number of amides is 1. The summed E-state index contributed by atoms with van der Waals surface area (Å²) in [6.45, 7) is 0.339. The molecule has 0 saturated heterocycles. The maximum absolute atomic E-state index is 12.1. The number of hydrogen-bond acceptors (Lipinski definition) is 3. The summed E-state index contributed by atoms with van der Waals surface area (Å²) in [5.74, 6) is 0.700. The average Bonchev–Trinajstić information content (AvgIpc) is 3.18. The highest BCUT2D eigenvalue weighted by molar-refractivity contribution is 5.94. The number of carbonyl (C=O) groups excluding carboxylic acids is 1. The number of hydrogen-bond donors (Lipinski definition) is 2. The molecule has 1 aromatic carbocycles. The van der Waals surface area contributed by atoms with Crippen LogP contribution in [0.2, 0.25) is 0 Å². The Morgan fingerprint density at radius 3 is 2.41 bits per heavy atom. The molecule has 4 heteroatoms. The minimum atomic E-state index is -0.707. The van der Waals surface area contributed by atoms with E-state index in [1.807, 2.05) is 12.1 Å². The van der Waals surface area contributed by atoms with Crippen LogP contribution in [0.4, 0.5) is 0 Å². The van der Waals surface area contributed by atoms with Crippen LogP contribution in [0.25, 0.3) is 0 Å². The Balaban J connectivity index is 1.51. The Labute approximate surface area is 131 Å². The average molecular weight is 303 g/mol. The Hall–Kier alpha value is -1.55. The predicted molar refractivity (Wildman–Crippen MR) is 85.1 cm³/mol. The van der Waals surface area contributed by atoms with Gasteiger partial charge in [-0.05, 0) is 62.8 Å². The van der Waals surface area contributed by atoms with Gasteiger partial charge in [0, 0.05) is 12.1 Å². The molecule has 0 bridgehead atoms. The minimum Gasteiger partial charge on any atom is -0.490 e. The van der Waals surface area contributed by atoms with Gasteiger partial charge in [-0.3, -0.25) is 4.79 Å². The fourth-order valence-corrected chi connectivity index (χ4v) is 3.44. The topological polar surface area (TPSA) is 58.6 Å². The van der Waals surface area contributed by atoms with Crippen molar-refractivity contribution in [2.24, 2.45) is 0 Å². The van der Waals surface area contributed by atoms with Crippen LogP contribution in [-0.4, -0.2) is 29.3 Å². The first-order chi connectivity index (χ1) is 10.6. The second-order valence-corrected chi connectivity index (χ2v) is 6.66. The third-order valence-electron chi connectivity index (χ3n) is 4.83. The van der Waals surface area contributed by atoms with Gasteiger partial charge in [0.05, 0.1) is 11.7 Å². The lowest BCUT2D eigenvalue weighted by molar-refractivity contribution is 0.0449. The maximum Gasteiger partial charge on any atom is 0.251 e. The van der Waals surface area contributed by atoms with Gasteiger partial charge >= 0.3 is 0 Å². The molecule has 120 valence electrons. The van der Waals surface area contributed by atoms with E-state index in [1.165, 1.54) is 12.8 Å². The number of aliphatic hydroxyl groups is 1. The van der Waals surface area contributed by atoms with E-state index in [4.69, 9.17) is 4.74 Å². The Bertz CT molecular complexity index is 500. The SMILES string of the molecule is O=C(NCC1(O)CCCC1)c1ccc(OC2CCCC2)cc1. The van der Waals surface area contributed by atoms with Gasteiger partial charge in [0.15, 0.2) is 0 Å². The van der Waals surface area contributed by atoms with E-state index in [2.05, 4.69) is 5.32 Å². The molecule has 0 aromatic heterocycles. The zero-order valence-electron chi connectivity index (χ0n) is 13.0. The van der Waals surface area contributed by atoms with Crippen molar-refractivity contribution in [1.82, 2.24) is 5.32 Å². The highest BCUT2D eigenvalue weighted by Gasteiger charge is 2.31. The van der Waals surface area contributed by atoms with Crippen molar-refractivity contribution >= 4 is 5.91 Å². The highest BCUT2D eigenvalue weighted by Crippen LogP contribution is 2.28. The van der Waals surface area contributed by atoms with Gasteiger partial charge in [0.25, 0.3) is 5.91 Å². The molecule has 2 aliphatic carbocycles. The van der Waals surface area contributed by atoms with Crippen molar-refractivity contribution in [3.05, 3.63) is 29.8 Å². The van der Waals surface area contributed by atoms with Crippen molar-refractivity contribution < 1.29 is 14.6 Å². The van der Waals surface area contributed by atoms with Crippen molar-refractivity contribution in [2.75, 3.05) is 6.54 Å². The molecule has 2 fully saturated rings. The summed E-state index contributed by atoms with van der Waals surface area (Å²) >= 11 is 0. The molecule has 1 aromatic rings. The van der Waals surface area contributed by atoms with E-state index in [-0.39, 0.29) is 5.91 Å². The molecule has 0 atom stereocenters. The molecule has 22 heavy (non-hydrogen) atoms. The molecule has 3 rings (SSSR count). The van der Waals surface area contributed by atoms with Gasteiger partial charge in [-0.2, -0.15) is 0 Å². The lowest BCUT2D eigenvalue weighted by atomic mass is 10.0. The summed E-state index contributed by atoms with van der Waals surface area (Å²) in [6.07, 6.45) is 8.71. The second-order valence-electron chi connectivity index (χ2n) is 6.66. The van der Waals surface area contributed by atoms with E-state index in [0.29, 0.717) is 18.2 Å². The van der Waals surface area contributed by atoms with Crippen LogP contribution in [0.5, 0.6) is 5.75 Å². The summed E-state index contributed by atoms with van der Waals surface area (Å²) in [7, 11) is 0. The first kappa shape index (κ1) is 15.3. The molecule has 0 radical (unpaired) electrons. The summed E-state index contributed by atoms with van der Waals surface area (Å²) < 4.78 is 5.90. The molecule has 4 nitrogen and oxygen atoms in total. The normalized spacial score (nSPS) is 21.0. The van der Waals surface area contributed by atoms with E-state index >= 15 is 0 Å². The molecule has 2 aliphatic rings. The monoisotopic (exact) mass is 303 g/mol. The van der Waals surface area contributed by atoms with E-state index in [0.717, 1.165) is 44.3 Å². The third-order valence-corrected chi connectivity index (χ3v) is 4.83. The third kappa shape index (κ3) is 3.80. The molecule has 1 amide bonds. The molecule has 0 aliphatic heterocycles. The lowest BCUT2D eigenvalue weighted by Crippen LogP contribution is -2.40. The second kappa shape index (κ2) is 6.69. The molecule has 2 N–H and O–H groups in total. The fraction of sp³-hybridized carbons (Fsp3) is 0.611. The van der Waals surface area contributed by atoms with Gasteiger partial charge in [0.2, 0.25) is 0 Å². The number of carbonyl (C=O) groups is 1. The minimum absolute atomic E-state index is 0.132. The number of benzene rings is 1. The highest BCUT2D eigenvalue weighted by atomic mass is 16.5. The van der Waals surface area contributed by atoms with E-state index in [1.54, 1.807) is 12.1 Å². The van der Waals surface area contributed by atoms with Crippen LogP contribution in [0.3, 0.4) is 0 Å². The van der Waals surface area contributed by atoms with Gasteiger partial charge < -0.3 is 15.2 Å². The zero-order valence-corrected chi connectivity index (χ0v) is 13.0. The van der Waals surface area contributed by atoms with Gasteiger partial charge in [-0.1, -0.05) is 12.8 Å². The summed E-state index contributed by atoms with van der Waals surface area (Å²) in [5.41, 5.74) is -0.0957. The molecule has 2 saturated carbocycles. The molecular formula is C18H25NO3. The van der Waals surface area contributed by atoms with Crippen molar-refractivity contribution in [3.63, 3.8) is 0 Å². The van der Waals surface area contributed by atoms with Crippen LogP contribution in [0.15, 0.2) is 24.3 Å². The van der Waals surface area contributed by atoms with Crippen molar-refractivity contribution in [3.8, 4) is 5.75 Å². The largest absolute Gasteiger partial charge is 0.490 e. The van der Waals surface area contributed by atoms with Crippen molar-refractivity contribution in [2.45, 2.75) is 63.1 Å². The van der Waals surface area contributed by atoms with Crippen LogP contribution >= 0.6 is 0 Å². The quantitative estimate of drug-likeness (QED) is 0.879. The van der Waals surface area contributed by atoms with Gasteiger partial charge in [0.1, 0.15) is 5.75 Å². The number of rotatable bonds is 5. The van der Waals surface area contributed by atoms with Crippen LogP contribution in [-0.2, 0) is 0 Å².